The smallest absolute Gasteiger partial charge is 0.262 e. The summed E-state index contributed by atoms with van der Waals surface area (Å²) in [6, 6.07) is 16.9. The number of carbonyl (C=O) groups is 2. The van der Waals surface area contributed by atoms with Gasteiger partial charge >= 0.3 is 0 Å². The summed E-state index contributed by atoms with van der Waals surface area (Å²) in [6.45, 7) is 6.71. The predicted octanol–water partition coefficient (Wildman–Crippen LogP) is 6.38. The van der Waals surface area contributed by atoms with E-state index in [1.54, 1.807) is 6.20 Å². The maximum Gasteiger partial charge on any atom is 0.262 e. The van der Waals surface area contributed by atoms with Crippen LogP contribution in [0.4, 0.5) is 11.4 Å². The SMILES string of the molecule is C.C=C=C=C=C=C=C=C=C.O=C1COc2ccc(-c3ccccn3)cc2N1.O=C1COc2ccc(Br)cc2N1. The molecule has 2 aliphatic rings. The van der Waals surface area contributed by atoms with E-state index < -0.39 is 0 Å². The third-order valence-corrected chi connectivity index (χ3v) is 5.07. The Morgan fingerprint density at radius 2 is 1.33 bits per heavy atom. The summed E-state index contributed by atoms with van der Waals surface area (Å²) in [4.78, 5) is 26.4. The molecule has 194 valence electrons. The highest BCUT2D eigenvalue weighted by Gasteiger charge is 2.16. The van der Waals surface area contributed by atoms with Gasteiger partial charge in [-0.05, 0) is 90.3 Å². The molecule has 0 saturated heterocycles. The first-order valence-corrected chi connectivity index (χ1v) is 11.8. The Balaban J connectivity index is 0.000000215. The number of amides is 2. The normalized spacial score (nSPS) is 11.2. The van der Waals surface area contributed by atoms with E-state index in [0.717, 1.165) is 27.2 Å². The average molecular weight is 582 g/mol. The zero-order valence-electron chi connectivity index (χ0n) is 20.1. The molecule has 1 aromatic heterocycles. The fourth-order valence-corrected chi connectivity index (χ4v) is 3.37. The maximum atomic E-state index is 11.2. The van der Waals surface area contributed by atoms with Gasteiger partial charge in [-0.25, -0.2) is 0 Å². The summed E-state index contributed by atoms with van der Waals surface area (Å²) in [6.07, 6.45) is 1.74. The summed E-state index contributed by atoms with van der Waals surface area (Å²) in [7, 11) is 0. The number of pyridine rings is 1. The quantitative estimate of drug-likeness (QED) is 0.325. The van der Waals surface area contributed by atoms with E-state index in [2.05, 4.69) is 84.8 Å². The average Bonchev–Trinajstić information content (AvgIpc) is 2.93. The number of hydrogen-bond acceptors (Lipinski definition) is 5. The van der Waals surface area contributed by atoms with Crippen molar-refractivity contribution in [1.82, 2.24) is 4.98 Å². The number of fused-ring (bicyclic) bond motifs is 2. The number of ether oxygens (including phenoxy) is 2. The monoisotopic (exact) mass is 581 g/mol. The van der Waals surface area contributed by atoms with Crippen LogP contribution in [-0.2, 0) is 9.59 Å². The van der Waals surface area contributed by atoms with Crippen molar-refractivity contribution in [3.05, 3.63) is 119 Å². The van der Waals surface area contributed by atoms with Crippen molar-refractivity contribution < 1.29 is 19.1 Å². The molecule has 0 spiro atoms. The van der Waals surface area contributed by atoms with E-state index in [9.17, 15) is 9.59 Å². The van der Waals surface area contributed by atoms with Crippen LogP contribution in [0.3, 0.4) is 0 Å². The summed E-state index contributed by atoms with van der Waals surface area (Å²) >= 11 is 3.30. The first-order valence-electron chi connectivity index (χ1n) is 11.0. The molecule has 0 radical (unpaired) electrons. The molecule has 2 N–H and O–H groups in total. The van der Waals surface area contributed by atoms with Gasteiger partial charge in [0.25, 0.3) is 11.8 Å². The molecule has 3 heterocycles. The number of nitrogens with zero attached hydrogens (tertiary/aromatic N) is 1. The Hall–Kier alpha value is -5.19. The molecule has 0 fully saturated rings. The number of rotatable bonds is 1. The molecule has 0 unspecified atom stereocenters. The number of nitrogens with one attached hydrogen (secondary N) is 2. The molecule has 0 aliphatic carbocycles. The topological polar surface area (TPSA) is 89.5 Å². The first kappa shape index (κ1) is 30.0. The minimum absolute atomic E-state index is 0. The minimum atomic E-state index is -0.129. The van der Waals surface area contributed by atoms with Crippen LogP contribution in [0.2, 0.25) is 0 Å². The Morgan fingerprint density at radius 1 is 0.769 bits per heavy atom. The van der Waals surface area contributed by atoms with Crippen molar-refractivity contribution >= 4 is 39.1 Å². The van der Waals surface area contributed by atoms with E-state index in [1.165, 1.54) is 0 Å². The molecule has 0 bridgehead atoms. The molecular weight excluding hydrogens is 558 g/mol. The highest BCUT2D eigenvalue weighted by atomic mass is 79.9. The first-order chi connectivity index (χ1) is 18.5. The number of halogens is 1. The molecule has 7 nitrogen and oxygen atoms in total. The van der Waals surface area contributed by atoms with Crippen LogP contribution in [0.15, 0.2) is 119 Å². The van der Waals surface area contributed by atoms with Crippen molar-refractivity contribution in [3.8, 4) is 22.8 Å². The minimum Gasteiger partial charge on any atom is -0.482 e. The fraction of sp³-hybridized carbons (Fsp3) is 0.0968. The van der Waals surface area contributed by atoms with Gasteiger partial charge in [0.1, 0.15) is 11.5 Å². The molecule has 39 heavy (non-hydrogen) atoms. The van der Waals surface area contributed by atoms with E-state index in [1.807, 2.05) is 54.6 Å². The zero-order chi connectivity index (χ0) is 27.2. The second kappa shape index (κ2) is 15.8. The van der Waals surface area contributed by atoms with Crippen molar-refractivity contribution in [2.24, 2.45) is 0 Å². The lowest BCUT2D eigenvalue weighted by molar-refractivity contribution is -0.119. The van der Waals surface area contributed by atoms with Gasteiger partial charge in [0.2, 0.25) is 0 Å². The van der Waals surface area contributed by atoms with Crippen LogP contribution in [0.1, 0.15) is 7.43 Å². The second-order valence-electron chi connectivity index (χ2n) is 7.22. The third-order valence-electron chi connectivity index (χ3n) is 4.57. The lowest BCUT2D eigenvalue weighted by atomic mass is 10.1. The number of carbonyl (C=O) groups excluding carboxylic acids is 2. The van der Waals surface area contributed by atoms with Crippen LogP contribution in [0.5, 0.6) is 11.5 Å². The molecule has 3 aromatic rings. The van der Waals surface area contributed by atoms with E-state index in [4.69, 9.17) is 9.47 Å². The van der Waals surface area contributed by atoms with Gasteiger partial charge in [0.15, 0.2) is 13.2 Å². The summed E-state index contributed by atoms with van der Waals surface area (Å²) in [5, 5.41) is 5.49. The van der Waals surface area contributed by atoms with Crippen molar-refractivity contribution in [1.29, 1.82) is 0 Å². The number of hydrogen-bond donors (Lipinski definition) is 2. The van der Waals surface area contributed by atoms with E-state index in [0.29, 0.717) is 11.4 Å². The largest absolute Gasteiger partial charge is 0.482 e. The Morgan fingerprint density at radius 3 is 1.90 bits per heavy atom. The summed E-state index contributed by atoms with van der Waals surface area (Å²) < 4.78 is 11.4. The van der Waals surface area contributed by atoms with Gasteiger partial charge in [-0.15, -0.1) is 0 Å². The number of aromatic nitrogens is 1. The highest BCUT2D eigenvalue weighted by Crippen LogP contribution is 2.32. The Kier molecular flexibility index (Phi) is 12.2. The Bertz CT molecular complexity index is 1570. The Labute approximate surface area is 235 Å². The van der Waals surface area contributed by atoms with Crippen LogP contribution in [0.25, 0.3) is 11.3 Å². The summed E-state index contributed by atoms with van der Waals surface area (Å²) in [5.74, 6) is 1.18. The highest BCUT2D eigenvalue weighted by molar-refractivity contribution is 9.10. The molecule has 2 amide bonds. The van der Waals surface area contributed by atoms with Crippen molar-refractivity contribution in [2.75, 3.05) is 23.8 Å². The standard InChI is InChI=1S/C13H10N2O2.C9H4.C8H6BrNO2.CH4/c16-13-8-17-12-5-4-9(7-11(12)15-13)10-3-1-2-6-14-10;1-3-5-7-9-8-6-4-2;9-5-1-2-7-6(3-5)10-8(11)4-12-7;/h1-7H,8H2,(H,15,16);1-2H2;1-3H,4H2,(H,10,11);1H4. The molecular formula is C31H24BrN3O4. The lowest BCUT2D eigenvalue weighted by Crippen LogP contribution is -2.25. The van der Waals surface area contributed by atoms with Crippen LogP contribution in [-0.4, -0.2) is 30.0 Å². The molecule has 0 atom stereocenters. The lowest BCUT2D eigenvalue weighted by Gasteiger charge is -2.18. The van der Waals surface area contributed by atoms with Gasteiger partial charge in [-0.1, -0.05) is 40.9 Å². The zero-order valence-corrected chi connectivity index (χ0v) is 21.6. The summed E-state index contributed by atoms with van der Waals surface area (Å²) in [5.41, 5.74) is 20.2. The number of anilines is 2. The van der Waals surface area contributed by atoms with Gasteiger partial charge in [-0.2, -0.15) is 0 Å². The second-order valence-corrected chi connectivity index (χ2v) is 8.13. The van der Waals surface area contributed by atoms with Gasteiger partial charge < -0.3 is 20.1 Å². The number of benzene rings is 2. The van der Waals surface area contributed by atoms with Gasteiger partial charge in [0.05, 0.1) is 17.1 Å². The molecule has 0 saturated carbocycles. The van der Waals surface area contributed by atoms with Crippen LogP contribution >= 0.6 is 15.9 Å². The van der Waals surface area contributed by atoms with Crippen LogP contribution in [0, 0.1) is 0 Å². The van der Waals surface area contributed by atoms with E-state index >= 15 is 0 Å². The maximum absolute atomic E-state index is 11.2. The predicted molar refractivity (Wildman–Crippen MR) is 155 cm³/mol. The van der Waals surface area contributed by atoms with Gasteiger partial charge in [0, 0.05) is 16.2 Å². The molecule has 2 aliphatic heterocycles. The molecule has 2 aromatic carbocycles. The van der Waals surface area contributed by atoms with Crippen molar-refractivity contribution in [3.63, 3.8) is 0 Å². The van der Waals surface area contributed by atoms with Crippen molar-refractivity contribution in [2.45, 2.75) is 7.43 Å². The molecule has 8 heteroatoms. The van der Waals surface area contributed by atoms with E-state index in [-0.39, 0.29) is 32.5 Å². The third kappa shape index (κ3) is 9.65. The van der Waals surface area contributed by atoms with Gasteiger partial charge in [-0.3, -0.25) is 14.6 Å². The fourth-order valence-electron chi connectivity index (χ4n) is 3.01. The molecule has 5 rings (SSSR count). The van der Waals surface area contributed by atoms with Crippen LogP contribution < -0.4 is 20.1 Å².